The second-order valence-electron chi connectivity index (χ2n) is 9.01. The lowest BCUT2D eigenvalue weighted by molar-refractivity contribution is -0.116. The van der Waals surface area contributed by atoms with Gasteiger partial charge in [-0.15, -0.1) is 0 Å². The number of aliphatic hydroxyl groups excluding tert-OH is 1. The van der Waals surface area contributed by atoms with Crippen molar-refractivity contribution >= 4 is 0 Å². The molecule has 1 unspecified atom stereocenters. The number of aliphatic hydroxyl groups is 1. The molecule has 1 N–H and O–H groups in total. The van der Waals surface area contributed by atoms with Crippen LogP contribution in [0.4, 0.5) is 0 Å². The van der Waals surface area contributed by atoms with E-state index in [0.717, 1.165) is 23.7 Å². The third-order valence-corrected chi connectivity index (χ3v) is 7.53. The number of fused-ring (bicyclic) bond motifs is 3. The van der Waals surface area contributed by atoms with Crippen molar-refractivity contribution in [2.75, 3.05) is 6.61 Å². The smallest absolute Gasteiger partial charge is 0.0487 e. The third kappa shape index (κ3) is 2.40. The van der Waals surface area contributed by atoms with Crippen LogP contribution >= 0.6 is 0 Å². The fourth-order valence-electron chi connectivity index (χ4n) is 6.28. The summed E-state index contributed by atoms with van der Waals surface area (Å²) < 4.78 is 0. The van der Waals surface area contributed by atoms with E-state index in [4.69, 9.17) is 0 Å². The van der Waals surface area contributed by atoms with Gasteiger partial charge >= 0.3 is 0 Å². The molecular formula is C20H34O. The number of hydrogen-bond donors (Lipinski definition) is 1. The quantitative estimate of drug-likeness (QED) is 0.694. The highest BCUT2D eigenvalue weighted by Crippen LogP contribution is 2.63. The Morgan fingerprint density at radius 2 is 1.95 bits per heavy atom. The maximum Gasteiger partial charge on any atom is 0.0487 e. The molecule has 0 spiro atoms. The summed E-state index contributed by atoms with van der Waals surface area (Å²) >= 11 is 0. The fourth-order valence-corrected chi connectivity index (χ4v) is 6.28. The standard InChI is InChI=1S/C20H34O/c1-14(2)15-6-8-17-16(12-15)7-9-18-19(3,13-21)10-5-11-20(17,18)4/h12,14,16-18,21H,5-11,13H2,1-4H3/t16?,17-,18-,19-,20+/m0/s1. The summed E-state index contributed by atoms with van der Waals surface area (Å²) in [7, 11) is 0. The molecule has 0 aliphatic heterocycles. The third-order valence-electron chi connectivity index (χ3n) is 7.53. The van der Waals surface area contributed by atoms with Gasteiger partial charge in [-0.3, -0.25) is 0 Å². The van der Waals surface area contributed by atoms with Crippen molar-refractivity contribution < 1.29 is 5.11 Å². The molecule has 0 aromatic rings. The molecule has 0 radical (unpaired) electrons. The maximum atomic E-state index is 10.0. The molecule has 0 bridgehead atoms. The molecule has 0 aromatic heterocycles. The lowest BCUT2D eigenvalue weighted by Gasteiger charge is -2.60. The van der Waals surface area contributed by atoms with E-state index in [1.807, 2.05) is 0 Å². The highest BCUT2D eigenvalue weighted by Gasteiger charge is 2.55. The first-order valence-corrected chi connectivity index (χ1v) is 9.22. The highest BCUT2D eigenvalue weighted by atomic mass is 16.3. The molecule has 2 fully saturated rings. The van der Waals surface area contributed by atoms with E-state index < -0.39 is 0 Å². The molecule has 21 heavy (non-hydrogen) atoms. The van der Waals surface area contributed by atoms with Gasteiger partial charge in [0.05, 0.1) is 0 Å². The zero-order valence-electron chi connectivity index (χ0n) is 14.5. The molecule has 1 heteroatoms. The predicted octanol–water partition coefficient (Wildman–Crippen LogP) is 5.19. The van der Waals surface area contributed by atoms with E-state index in [9.17, 15) is 5.11 Å². The lowest BCUT2D eigenvalue weighted by atomic mass is 9.45. The number of rotatable bonds is 2. The van der Waals surface area contributed by atoms with Crippen LogP contribution < -0.4 is 0 Å². The van der Waals surface area contributed by atoms with Gasteiger partial charge in [-0.2, -0.15) is 0 Å². The van der Waals surface area contributed by atoms with Crippen molar-refractivity contribution in [3.05, 3.63) is 11.6 Å². The van der Waals surface area contributed by atoms with Gasteiger partial charge in [-0.1, -0.05) is 45.8 Å². The van der Waals surface area contributed by atoms with Gasteiger partial charge in [0.1, 0.15) is 0 Å². The zero-order chi connectivity index (χ0) is 15.3. The van der Waals surface area contributed by atoms with Crippen LogP contribution in [-0.4, -0.2) is 11.7 Å². The Labute approximate surface area is 131 Å². The molecule has 0 heterocycles. The predicted molar refractivity (Wildman–Crippen MR) is 89.0 cm³/mol. The molecule has 0 aromatic carbocycles. The second kappa shape index (κ2) is 5.41. The molecule has 2 saturated carbocycles. The molecule has 1 nitrogen and oxygen atoms in total. The van der Waals surface area contributed by atoms with Gasteiger partial charge in [-0.05, 0) is 73.0 Å². The second-order valence-corrected chi connectivity index (χ2v) is 9.01. The largest absolute Gasteiger partial charge is 0.396 e. The average Bonchev–Trinajstić information content (AvgIpc) is 2.46. The van der Waals surface area contributed by atoms with E-state index in [1.165, 1.54) is 44.9 Å². The van der Waals surface area contributed by atoms with Crippen molar-refractivity contribution in [2.24, 2.45) is 34.5 Å². The van der Waals surface area contributed by atoms with Crippen LogP contribution in [0.25, 0.3) is 0 Å². The van der Waals surface area contributed by atoms with E-state index in [2.05, 4.69) is 33.8 Å². The molecule has 3 aliphatic rings. The maximum absolute atomic E-state index is 10.0. The number of allylic oxidation sites excluding steroid dienone is 2. The minimum Gasteiger partial charge on any atom is -0.396 e. The molecular weight excluding hydrogens is 256 g/mol. The Kier molecular flexibility index (Phi) is 4.01. The fraction of sp³-hybridized carbons (Fsp3) is 0.900. The van der Waals surface area contributed by atoms with Crippen LogP contribution in [0.1, 0.15) is 72.6 Å². The lowest BCUT2D eigenvalue weighted by Crippen LogP contribution is -2.53. The molecule has 0 amide bonds. The summed E-state index contributed by atoms with van der Waals surface area (Å²) in [5, 5.41) is 10.0. The van der Waals surface area contributed by atoms with Gasteiger partial charge in [0.25, 0.3) is 0 Å². The Hall–Kier alpha value is -0.300. The van der Waals surface area contributed by atoms with Crippen LogP contribution in [0.2, 0.25) is 0 Å². The normalized spacial score (nSPS) is 46.8. The van der Waals surface area contributed by atoms with E-state index >= 15 is 0 Å². The molecule has 5 atom stereocenters. The minimum atomic E-state index is 0.181. The van der Waals surface area contributed by atoms with Crippen LogP contribution in [0, 0.1) is 34.5 Å². The summed E-state index contributed by atoms with van der Waals surface area (Å²) in [4.78, 5) is 0. The Morgan fingerprint density at radius 3 is 2.62 bits per heavy atom. The van der Waals surface area contributed by atoms with Crippen molar-refractivity contribution in [1.29, 1.82) is 0 Å². The number of hydrogen-bond acceptors (Lipinski definition) is 1. The van der Waals surface area contributed by atoms with Crippen molar-refractivity contribution in [2.45, 2.75) is 72.6 Å². The van der Waals surface area contributed by atoms with Gasteiger partial charge in [0, 0.05) is 6.61 Å². The van der Waals surface area contributed by atoms with Crippen LogP contribution in [0.3, 0.4) is 0 Å². The summed E-state index contributed by atoms with van der Waals surface area (Å²) in [5.74, 6) is 3.15. The van der Waals surface area contributed by atoms with Gasteiger partial charge in [-0.25, -0.2) is 0 Å². The van der Waals surface area contributed by atoms with Crippen LogP contribution in [0.5, 0.6) is 0 Å². The van der Waals surface area contributed by atoms with Gasteiger partial charge < -0.3 is 5.11 Å². The monoisotopic (exact) mass is 290 g/mol. The van der Waals surface area contributed by atoms with Crippen molar-refractivity contribution in [1.82, 2.24) is 0 Å². The molecule has 3 aliphatic carbocycles. The van der Waals surface area contributed by atoms with Crippen LogP contribution in [0.15, 0.2) is 11.6 Å². The molecule has 0 saturated heterocycles. The van der Waals surface area contributed by atoms with Gasteiger partial charge in [0.15, 0.2) is 0 Å². The summed E-state index contributed by atoms with van der Waals surface area (Å²) in [6.45, 7) is 10.0. The summed E-state index contributed by atoms with van der Waals surface area (Å²) in [5.41, 5.74) is 2.36. The summed E-state index contributed by atoms with van der Waals surface area (Å²) in [6.07, 6.45) is 12.0. The van der Waals surface area contributed by atoms with Crippen molar-refractivity contribution in [3.63, 3.8) is 0 Å². The topological polar surface area (TPSA) is 20.2 Å². The molecule has 120 valence electrons. The first-order chi connectivity index (χ1) is 9.90. The van der Waals surface area contributed by atoms with E-state index in [0.29, 0.717) is 12.0 Å². The van der Waals surface area contributed by atoms with E-state index in [-0.39, 0.29) is 5.41 Å². The first kappa shape index (κ1) is 15.6. The SMILES string of the molecule is CC(C)C1=CC2CC[C@H]3[C@](C)(CO)CCC[C@]3(C)[C@H]2CC1. The van der Waals surface area contributed by atoms with Gasteiger partial charge in [0.2, 0.25) is 0 Å². The Morgan fingerprint density at radius 1 is 1.19 bits per heavy atom. The zero-order valence-corrected chi connectivity index (χ0v) is 14.5. The highest BCUT2D eigenvalue weighted by molar-refractivity contribution is 5.17. The molecule has 3 rings (SSSR count). The first-order valence-electron chi connectivity index (χ1n) is 9.22. The van der Waals surface area contributed by atoms with E-state index in [1.54, 1.807) is 5.57 Å². The average molecular weight is 290 g/mol. The Bertz CT molecular complexity index is 424. The summed E-state index contributed by atoms with van der Waals surface area (Å²) in [6, 6.07) is 0. The Balaban J connectivity index is 1.89. The minimum absolute atomic E-state index is 0.181. The van der Waals surface area contributed by atoms with Crippen LogP contribution in [-0.2, 0) is 0 Å². The van der Waals surface area contributed by atoms with Crippen molar-refractivity contribution in [3.8, 4) is 0 Å².